The van der Waals surface area contributed by atoms with Gasteiger partial charge in [-0.25, -0.2) is 0 Å². The Kier molecular flexibility index (Phi) is 5.89. The van der Waals surface area contributed by atoms with Gasteiger partial charge in [-0.2, -0.15) is 0 Å². The second-order valence-electron chi connectivity index (χ2n) is 6.22. The molecule has 1 amide bonds. The molecule has 1 aliphatic heterocycles. The van der Waals surface area contributed by atoms with E-state index in [9.17, 15) is 4.79 Å². The molecule has 0 aromatic heterocycles. The molecule has 1 aliphatic rings. The average Bonchev–Trinajstić information content (AvgIpc) is 2.69. The molecule has 0 unspecified atom stereocenters. The number of carbonyl (C=O) groups is 1. The normalized spacial score (nSPS) is 15.5. The molecule has 0 radical (unpaired) electrons. The van der Waals surface area contributed by atoms with Crippen LogP contribution in [0.15, 0.2) is 48.5 Å². The van der Waals surface area contributed by atoms with E-state index >= 15 is 0 Å². The fourth-order valence-electron chi connectivity index (χ4n) is 3.00. The Bertz CT molecular complexity index is 726. The summed E-state index contributed by atoms with van der Waals surface area (Å²) < 4.78 is 10.9. The first-order chi connectivity index (χ1) is 12.6. The van der Waals surface area contributed by atoms with Crippen LogP contribution in [-0.2, 0) is 4.79 Å². The molecule has 0 N–H and O–H groups in total. The zero-order valence-electron chi connectivity index (χ0n) is 15.0. The van der Waals surface area contributed by atoms with E-state index in [-0.39, 0.29) is 5.91 Å². The van der Waals surface area contributed by atoms with Crippen molar-refractivity contribution in [1.82, 2.24) is 4.90 Å². The SMILES string of the molecule is COc1ccc(N2CCN(C(=O)[C@H](C)Oc3ccc(Cl)cc3)CC2)cc1. The summed E-state index contributed by atoms with van der Waals surface area (Å²) in [6.07, 6.45) is -0.524. The molecule has 0 bridgehead atoms. The lowest BCUT2D eigenvalue weighted by Gasteiger charge is -2.37. The van der Waals surface area contributed by atoms with Crippen molar-refractivity contribution in [2.24, 2.45) is 0 Å². The molecule has 6 heteroatoms. The number of nitrogens with zero attached hydrogens (tertiary/aromatic N) is 2. The molecular weight excluding hydrogens is 352 g/mol. The van der Waals surface area contributed by atoms with Crippen LogP contribution < -0.4 is 14.4 Å². The standard InChI is InChI=1S/C20H23ClN2O3/c1-15(26-19-7-3-16(21)4-8-19)20(24)23-13-11-22(12-14-23)17-5-9-18(25-2)10-6-17/h3-10,15H,11-14H2,1-2H3/t15-/m0/s1. The maximum absolute atomic E-state index is 12.6. The zero-order valence-corrected chi connectivity index (χ0v) is 15.8. The van der Waals surface area contributed by atoms with Gasteiger partial charge >= 0.3 is 0 Å². The molecular formula is C20H23ClN2O3. The number of hydrogen-bond donors (Lipinski definition) is 0. The van der Waals surface area contributed by atoms with Gasteiger partial charge in [0.1, 0.15) is 11.5 Å². The molecule has 3 rings (SSSR count). The van der Waals surface area contributed by atoms with Gasteiger partial charge in [0.25, 0.3) is 5.91 Å². The van der Waals surface area contributed by atoms with Crippen molar-refractivity contribution in [3.05, 3.63) is 53.6 Å². The highest BCUT2D eigenvalue weighted by molar-refractivity contribution is 6.30. The maximum Gasteiger partial charge on any atom is 0.263 e. The number of rotatable bonds is 5. The fourth-order valence-corrected chi connectivity index (χ4v) is 3.13. The Labute approximate surface area is 159 Å². The number of halogens is 1. The van der Waals surface area contributed by atoms with E-state index in [1.807, 2.05) is 29.2 Å². The first-order valence-corrected chi connectivity index (χ1v) is 9.04. The third-order valence-corrected chi connectivity index (χ3v) is 4.76. The molecule has 1 atom stereocenters. The molecule has 1 heterocycles. The predicted octanol–water partition coefficient (Wildman–Crippen LogP) is 3.46. The molecule has 0 aliphatic carbocycles. The number of hydrogen-bond acceptors (Lipinski definition) is 4. The molecule has 2 aromatic carbocycles. The third kappa shape index (κ3) is 4.41. The molecule has 0 saturated carbocycles. The van der Waals surface area contributed by atoms with Gasteiger partial charge in [-0.1, -0.05) is 11.6 Å². The van der Waals surface area contributed by atoms with Crippen LogP contribution in [0.4, 0.5) is 5.69 Å². The van der Waals surface area contributed by atoms with Gasteiger partial charge in [0, 0.05) is 36.9 Å². The predicted molar refractivity (Wildman–Crippen MR) is 103 cm³/mol. The largest absolute Gasteiger partial charge is 0.497 e. The van der Waals surface area contributed by atoms with Crippen LogP contribution in [0.3, 0.4) is 0 Å². The van der Waals surface area contributed by atoms with Crippen LogP contribution >= 0.6 is 11.6 Å². The van der Waals surface area contributed by atoms with Gasteiger partial charge in [-0.15, -0.1) is 0 Å². The number of benzene rings is 2. The molecule has 1 fully saturated rings. The summed E-state index contributed by atoms with van der Waals surface area (Å²) in [4.78, 5) is 16.8. The molecule has 5 nitrogen and oxygen atoms in total. The number of amides is 1. The molecule has 26 heavy (non-hydrogen) atoms. The summed E-state index contributed by atoms with van der Waals surface area (Å²) in [6, 6.07) is 15.0. The van der Waals surface area contributed by atoms with Crippen molar-refractivity contribution in [1.29, 1.82) is 0 Å². The minimum Gasteiger partial charge on any atom is -0.497 e. The van der Waals surface area contributed by atoms with Gasteiger partial charge in [0.15, 0.2) is 6.10 Å². The van der Waals surface area contributed by atoms with Crippen molar-refractivity contribution in [3.8, 4) is 11.5 Å². The van der Waals surface area contributed by atoms with Crippen molar-refractivity contribution >= 4 is 23.2 Å². The Morgan fingerprint density at radius 3 is 2.12 bits per heavy atom. The van der Waals surface area contributed by atoms with Crippen LogP contribution in [0.25, 0.3) is 0 Å². The number of ether oxygens (including phenoxy) is 2. The minimum absolute atomic E-state index is 0.00864. The smallest absolute Gasteiger partial charge is 0.263 e. The Hall–Kier alpha value is -2.40. The molecule has 1 saturated heterocycles. The minimum atomic E-state index is -0.524. The lowest BCUT2D eigenvalue weighted by molar-refractivity contribution is -0.138. The first kappa shape index (κ1) is 18.4. The highest BCUT2D eigenvalue weighted by Gasteiger charge is 2.26. The topological polar surface area (TPSA) is 42.0 Å². The molecule has 2 aromatic rings. The van der Waals surface area contributed by atoms with Gasteiger partial charge in [0.05, 0.1) is 7.11 Å². The monoisotopic (exact) mass is 374 g/mol. The number of piperazine rings is 1. The van der Waals surface area contributed by atoms with E-state index in [0.29, 0.717) is 23.9 Å². The van der Waals surface area contributed by atoms with E-state index < -0.39 is 6.10 Å². The van der Waals surface area contributed by atoms with Gasteiger partial charge < -0.3 is 19.3 Å². The van der Waals surface area contributed by atoms with Crippen molar-refractivity contribution in [3.63, 3.8) is 0 Å². The Morgan fingerprint density at radius 2 is 1.54 bits per heavy atom. The number of anilines is 1. The first-order valence-electron chi connectivity index (χ1n) is 8.67. The highest BCUT2D eigenvalue weighted by Crippen LogP contribution is 2.21. The second kappa shape index (κ2) is 8.32. The Balaban J connectivity index is 1.53. The molecule has 0 spiro atoms. The van der Waals surface area contributed by atoms with Crippen LogP contribution in [0.5, 0.6) is 11.5 Å². The summed E-state index contributed by atoms with van der Waals surface area (Å²) in [6.45, 7) is 4.74. The maximum atomic E-state index is 12.6. The fraction of sp³-hybridized carbons (Fsp3) is 0.350. The van der Waals surface area contributed by atoms with Gasteiger partial charge in [-0.05, 0) is 55.5 Å². The van der Waals surface area contributed by atoms with Crippen LogP contribution in [-0.4, -0.2) is 50.2 Å². The zero-order chi connectivity index (χ0) is 18.5. The third-order valence-electron chi connectivity index (χ3n) is 4.50. The summed E-state index contributed by atoms with van der Waals surface area (Å²) in [7, 11) is 1.66. The summed E-state index contributed by atoms with van der Waals surface area (Å²) in [5.74, 6) is 1.50. The van der Waals surface area contributed by atoms with Crippen LogP contribution in [0, 0.1) is 0 Å². The number of methoxy groups -OCH3 is 1. The summed E-state index contributed by atoms with van der Waals surface area (Å²) in [5.41, 5.74) is 1.14. The second-order valence-corrected chi connectivity index (χ2v) is 6.66. The van der Waals surface area contributed by atoms with Crippen molar-refractivity contribution in [2.45, 2.75) is 13.0 Å². The van der Waals surface area contributed by atoms with Crippen LogP contribution in [0.1, 0.15) is 6.92 Å². The van der Waals surface area contributed by atoms with E-state index in [1.54, 1.807) is 38.3 Å². The molecule has 138 valence electrons. The lowest BCUT2D eigenvalue weighted by Crippen LogP contribution is -2.52. The Morgan fingerprint density at radius 1 is 0.962 bits per heavy atom. The van der Waals surface area contributed by atoms with E-state index in [0.717, 1.165) is 24.5 Å². The van der Waals surface area contributed by atoms with Gasteiger partial charge in [0.2, 0.25) is 0 Å². The van der Waals surface area contributed by atoms with E-state index in [1.165, 1.54) is 0 Å². The average molecular weight is 375 g/mol. The van der Waals surface area contributed by atoms with E-state index in [2.05, 4.69) is 4.90 Å². The van der Waals surface area contributed by atoms with Gasteiger partial charge in [-0.3, -0.25) is 4.79 Å². The quantitative estimate of drug-likeness (QED) is 0.803. The summed E-state index contributed by atoms with van der Waals surface area (Å²) in [5, 5.41) is 0.644. The number of carbonyl (C=O) groups excluding carboxylic acids is 1. The van der Waals surface area contributed by atoms with Crippen LogP contribution in [0.2, 0.25) is 5.02 Å². The van der Waals surface area contributed by atoms with E-state index in [4.69, 9.17) is 21.1 Å². The summed E-state index contributed by atoms with van der Waals surface area (Å²) >= 11 is 5.87. The van der Waals surface area contributed by atoms with Crippen molar-refractivity contribution in [2.75, 3.05) is 38.2 Å². The van der Waals surface area contributed by atoms with Crippen molar-refractivity contribution < 1.29 is 14.3 Å². The highest BCUT2D eigenvalue weighted by atomic mass is 35.5. The lowest BCUT2D eigenvalue weighted by atomic mass is 10.2.